The molecule has 0 aromatic carbocycles. The Morgan fingerprint density at radius 3 is 2.94 bits per heavy atom. The summed E-state index contributed by atoms with van der Waals surface area (Å²) in [6.07, 6.45) is 5.65. The molecule has 0 aliphatic heterocycles. The fourth-order valence-electron chi connectivity index (χ4n) is 1.69. The summed E-state index contributed by atoms with van der Waals surface area (Å²) < 4.78 is 1.87. The predicted molar refractivity (Wildman–Crippen MR) is 63.5 cm³/mol. The molecule has 0 fully saturated rings. The van der Waals surface area contributed by atoms with Gasteiger partial charge in [-0.15, -0.1) is 0 Å². The van der Waals surface area contributed by atoms with E-state index in [-0.39, 0.29) is 0 Å². The Hall–Kier alpha value is -1.68. The van der Waals surface area contributed by atoms with Crippen LogP contribution in [0.15, 0.2) is 30.6 Å². The lowest BCUT2D eigenvalue weighted by Gasteiger charge is -2.03. The van der Waals surface area contributed by atoms with E-state index in [4.69, 9.17) is 5.73 Å². The van der Waals surface area contributed by atoms with E-state index < -0.39 is 0 Å². The summed E-state index contributed by atoms with van der Waals surface area (Å²) in [7, 11) is 0. The Bertz CT molecular complexity index is 447. The first-order valence-corrected chi connectivity index (χ1v) is 5.48. The lowest BCUT2D eigenvalue weighted by Crippen LogP contribution is -2.03. The van der Waals surface area contributed by atoms with Gasteiger partial charge in [-0.1, -0.05) is 6.07 Å². The summed E-state index contributed by atoms with van der Waals surface area (Å²) in [6.45, 7) is 2.78. The van der Waals surface area contributed by atoms with Crippen LogP contribution in [0.3, 0.4) is 0 Å². The minimum Gasteiger partial charge on any atom is -0.330 e. The minimum absolute atomic E-state index is 0.716. The first-order chi connectivity index (χ1) is 7.83. The van der Waals surface area contributed by atoms with E-state index in [1.807, 2.05) is 29.1 Å². The molecule has 2 rings (SSSR count). The maximum Gasteiger partial charge on any atom is 0.153 e. The number of nitrogens with zero attached hydrogens (tertiary/aromatic N) is 3. The normalized spacial score (nSPS) is 10.6. The molecule has 0 radical (unpaired) electrons. The van der Waals surface area contributed by atoms with E-state index >= 15 is 0 Å². The molecule has 0 aliphatic carbocycles. The molecule has 0 spiro atoms. The number of rotatable bonds is 4. The summed E-state index contributed by atoms with van der Waals surface area (Å²) in [4.78, 5) is 4.28. The second-order valence-electron chi connectivity index (χ2n) is 3.75. The van der Waals surface area contributed by atoms with Gasteiger partial charge in [-0.25, -0.2) is 9.67 Å². The van der Waals surface area contributed by atoms with E-state index in [2.05, 4.69) is 17.0 Å². The maximum atomic E-state index is 5.50. The molecule has 2 aromatic rings. The highest BCUT2D eigenvalue weighted by atomic mass is 15.3. The van der Waals surface area contributed by atoms with E-state index in [0.717, 1.165) is 24.4 Å². The van der Waals surface area contributed by atoms with Crippen molar-refractivity contribution in [1.82, 2.24) is 14.8 Å². The number of aryl methyl sites for hydroxylation is 1. The third-order valence-electron chi connectivity index (χ3n) is 2.63. The molecule has 16 heavy (non-hydrogen) atoms. The molecular weight excluding hydrogens is 200 g/mol. The van der Waals surface area contributed by atoms with Crippen LogP contribution in [0.4, 0.5) is 0 Å². The number of aromatic nitrogens is 3. The zero-order valence-electron chi connectivity index (χ0n) is 9.43. The maximum absolute atomic E-state index is 5.50. The minimum atomic E-state index is 0.716. The van der Waals surface area contributed by atoms with Crippen LogP contribution in [0, 0.1) is 6.92 Å². The largest absolute Gasteiger partial charge is 0.330 e. The van der Waals surface area contributed by atoms with Crippen molar-refractivity contribution in [2.75, 3.05) is 6.54 Å². The molecule has 0 amide bonds. The third-order valence-corrected chi connectivity index (χ3v) is 2.63. The van der Waals surface area contributed by atoms with Crippen molar-refractivity contribution in [1.29, 1.82) is 0 Å². The summed E-state index contributed by atoms with van der Waals surface area (Å²) >= 11 is 0. The van der Waals surface area contributed by atoms with E-state index in [1.165, 1.54) is 5.56 Å². The number of hydrogen-bond donors (Lipinski definition) is 1. The van der Waals surface area contributed by atoms with Gasteiger partial charge < -0.3 is 5.73 Å². The van der Waals surface area contributed by atoms with Crippen molar-refractivity contribution < 1.29 is 0 Å². The molecule has 0 aliphatic rings. The Kier molecular flexibility index (Phi) is 3.31. The Morgan fingerprint density at radius 2 is 2.25 bits per heavy atom. The Balaban J connectivity index is 2.27. The van der Waals surface area contributed by atoms with Gasteiger partial charge in [0.1, 0.15) is 0 Å². The smallest absolute Gasteiger partial charge is 0.153 e. The van der Waals surface area contributed by atoms with Crippen LogP contribution in [0.25, 0.3) is 5.82 Å². The highest BCUT2D eigenvalue weighted by Crippen LogP contribution is 2.13. The molecule has 0 saturated carbocycles. The van der Waals surface area contributed by atoms with E-state index in [0.29, 0.717) is 6.54 Å². The van der Waals surface area contributed by atoms with Gasteiger partial charge in [-0.05, 0) is 44.0 Å². The van der Waals surface area contributed by atoms with E-state index in [1.54, 1.807) is 6.20 Å². The van der Waals surface area contributed by atoms with Crippen molar-refractivity contribution in [3.05, 3.63) is 41.9 Å². The highest BCUT2D eigenvalue weighted by Gasteiger charge is 2.07. The lowest BCUT2D eigenvalue weighted by atomic mass is 10.1. The van der Waals surface area contributed by atoms with Gasteiger partial charge >= 0.3 is 0 Å². The number of hydrogen-bond acceptors (Lipinski definition) is 3. The lowest BCUT2D eigenvalue weighted by molar-refractivity contribution is 0.801. The Labute approximate surface area is 95.1 Å². The summed E-state index contributed by atoms with van der Waals surface area (Å²) in [6, 6.07) is 5.81. The summed E-state index contributed by atoms with van der Waals surface area (Å²) in [5.74, 6) is 0.860. The molecule has 2 N–H and O–H groups in total. The van der Waals surface area contributed by atoms with Crippen LogP contribution < -0.4 is 5.73 Å². The van der Waals surface area contributed by atoms with Gasteiger partial charge in [0.05, 0.1) is 6.20 Å². The first-order valence-electron chi connectivity index (χ1n) is 5.48. The zero-order chi connectivity index (χ0) is 11.4. The van der Waals surface area contributed by atoms with Crippen LogP contribution in [0.1, 0.15) is 17.7 Å². The first kappa shape index (κ1) is 10.8. The van der Waals surface area contributed by atoms with Crippen molar-refractivity contribution in [3.63, 3.8) is 0 Å². The fourth-order valence-corrected chi connectivity index (χ4v) is 1.69. The average Bonchev–Trinajstić information content (AvgIpc) is 2.69. The van der Waals surface area contributed by atoms with Crippen molar-refractivity contribution in [3.8, 4) is 5.82 Å². The fraction of sp³-hybridized carbons (Fsp3) is 0.333. The van der Waals surface area contributed by atoms with Crippen LogP contribution in [0.2, 0.25) is 0 Å². The second kappa shape index (κ2) is 4.90. The molecule has 2 aromatic heterocycles. The van der Waals surface area contributed by atoms with Gasteiger partial charge in [0, 0.05) is 11.9 Å². The molecule has 0 bridgehead atoms. The van der Waals surface area contributed by atoms with Gasteiger partial charge in [0.2, 0.25) is 0 Å². The second-order valence-corrected chi connectivity index (χ2v) is 3.75. The SMILES string of the molecule is Cc1c(CCCN)cnn1-c1ccccn1. The van der Waals surface area contributed by atoms with Crippen LogP contribution in [0.5, 0.6) is 0 Å². The van der Waals surface area contributed by atoms with Crippen molar-refractivity contribution >= 4 is 0 Å². The van der Waals surface area contributed by atoms with E-state index in [9.17, 15) is 0 Å². The third kappa shape index (κ3) is 2.12. The van der Waals surface area contributed by atoms with Gasteiger partial charge in [-0.2, -0.15) is 5.10 Å². The summed E-state index contributed by atoms with van der Waals surface area (Å²) in [5.41, 5.74) is 7.90. The van der Waals surface area contributed by atoms with Gasteiger partial charge in [0.25, 0.3) is 0 Å². The molecule has 4 nitrogen and oxygen atoms in total. The van der Waals surface area contributed by atoms with Crippen LogP contribution >= 0.6 is 0 Å². The molecule has 4 heteroatoms. The standard InChI is InChI=1S/C12H16N4/c1-10-11(5-4-7-13)9-15-16(10)12-6-2-3-8-14-12/h2-3,6,8-9H,4-5,7,13H2,1H3. The average molecular weight is 216 g/mol. The molecule has 0 saturated heterocycles. The summed E-state index contributed by atoms with van der Waals surface area (Å²) in [5, 5.41) is 4.35. The van der Waals surface area contributed by atoms with Crippen molar-refractivity contribution in [2.45, 2.75) is 19.8 Å². The van der Waals surface area contributed by atoms with Crippen LogP contribution in [-0.2, 0) is 6.42 Å². The van der Waals surface area contributed by atoms with Crippen molar-refractivity contribution in [2.24, 2.45) is 5.73 Å². The number of pyridine rings is 1. The molecule has 84 valence electrons. The Morgan fingerprint density at radius 1 is 1.38 bits per heavy atom. The monoisotopic (exact) mass is 216 g/mol. The number of nitrogens with two attached hydrogens (primary N) is 1. The molecule has 0 unspecified atom stereocenters. The topological polar surface area (TPSA) is 56.7 Å². The molecule has 0 atom stereocenters. The highest BCUT2D eigenvalue weighted by molar-refractivity contribution is 5.27. The van der Waals surface area contributed by atoms with Gasteiger partial charge in [-0.3, -0.25) is 0 Å². The molecular formula is C12H16N4. The van der Waals surface area contributed by atoms with Gasteiger partial charge in [0.15, 0.2) is 5.82 Å². The quantitative estimate of drug-likeness (QED) is 0.842. The molecule has 2 heterocycles. The predicted octanol–water partition coefficient (Wildman–Crippen LogP) is 1.47. The zero-order valence-corrected chi connectivity index (χ0v) is 9.43. The van der Waals surface area contributed by atoms with Crippen LogP contribution in [-0.4, -0.2) is 21.3 Å².